The van der Waals surface area contributed by atoms with Crippen molar-refractivity contribution < 1.29 is 9.53 Å². The van der Waals surface area contributed by atoms with Crippen molar-refractivity contribution in [3.05, 3.63) is 60.2 Å². The Labute approximate surface area is 252 Å². The van der Waals surface area contributed by atoms with Gasteiger partial charge in [0.05, 0.1) is 23.4 Å². The Morgan fingerprint density at radius 1 is 1.35 bits per heavy atom. The number of allylic oxidation sites excluding steroid dienone is 1. The summed E-state index contributed by atoms with van der Waals surface area (Å²) < 4.78 is 5.92. The van der Waals surface area contributed by atoms with E-state index in [4.69, 9.17) is 10.5 Å². The van der Waals surface area contributed by atoms with Crippen molar-refractivity contribution in [2.24, 2.45) is 26.4 Å². The lowest BCUT2D eigenvalue weighted by atomic mass is 10.1. The number of aromatic nitrogens is 3. The average Bonchev–Trinajstić information content (AvgIpc) is 3.64. The van der Waals surface area contributed by atoms with Crippen molar-refractivity contribution in [1.29, 1.82) is 0 Å². The quantitative estimate of drug-likeness (QED) is 0.177. The monoisotopic (exact) mass is 587 g/mol. The molecule has 13 heteroatoms. The second-order valence-corrected chi connectivity index (χ2v) is 9.62. The standard InChI is InChI=1S/C29H36N10O2.CH5N/c1-18-14-35-29(37-24(30)13-19(2)32-4)38-27(18)22-15-34-28-21(22)7-6-8-23(28)36-25(40)17-39-12-10-20(16-39)41-26(33-5)9-11-31-3;1-2/h6-9,11,13-15,20,32,34H,3,10,12,16-17H2,1-2,4-5H3,(H,36,40)(H2,30,35,37,38);2H2,1H3/b11-9-,19-13-,33-26?;/t20-;/m0./s1. The van der Waals surface area contributed by atoms with Crippen LogP contribution in [0.4, 0.5) is 11.6 Å². The van der Waals surface area contributed by atoms with Crippen molar-refractivity contribution in [2.75, 3.05) is 46.1 Å². The van der Waals surface area contributed by atoms with Crippen LogP contribution in [-0.4, -0.2) is 91.1 Å². The molecule has 0 aliphatic carbocycles. The number of anilines is 1. The van der Waals surface area contributed by atoms with E-state index in [1.165, 1.54) is 13.2 Å². The summed E-state index contributed by atoms with van der Waals surface area (Å²) in [5.41, 5.74) is 15.4. The number of amidine groups is 1. The molecule has 1 atom stereocenters. The summed E-state index contributed by atoms with van der Waals surface area (Å²) in [4.78, 5) is 39.5. The van der Waals surface area contributed by atoms with Gasteiger partial charge in [0, 0.05) is 68.5 Å². The summed E-state index contributed by atoms with van der Waals surface area (Å²) in [6, 6.07) is 5.77. The summed E-state index contributed by atoms with van der Waals surface area (Å²) in [7, 11) is 4.97. The molecule has 0 saturated carbocycles. The SMILES string of the molecule is C=N/C=C\C(=NC)O[C@H]1CCN(CC(=O)Nc2cccc3c(-c4nc(/N=C(N)\C=C(\C)NC)ncc4C)c[nH]c23)C1.CN. The van der Waals surface area contributed by atoms with E-state index in [-0.39, 0.29) is 24.5 Å². The van der Waals surface area contributed by atoms with Crippen molar-refractivity contribution in [2.45, 2.75) is 26.4 Å². The zero-order valence-electron chi connectivity index (χ0n) is 25.4. The van der Waals surface area contributed by atoms with Gasteiger partial charge in [-0.05, 0) is 51.7 Å². The number of nitrogens with two attached hydrogens (primary N) is 2. The normalized spacial score (nSPS) is 16.2. The van der Waals surface area contributed by atoms with Gasteiger partial charge < -0.3 is 31.8 Å². The fourth-order valence-electron chi connectivity index (χ4n) is 4.54. The molecule has 1 amide bonds. The largest absolute Gasteiger partial charge is 0.473 e. The van der Waals surface area contributed by atoms with Crippen LogP contribution in [0, 0.1) is 6.92 Å². The van der Waals surface area contributed by atoms with Gasteiger partial charge in [-0.3, -0.25) is 19.7 Å². The van der Waals surface area contributed by atoms with E-state index in [0.717, 1.165) is 46.4 Å². The van der Waals surface area contributed by atoms with Gasteiger partial charge in [-0.15, -0.1) is 0 Å². The van der Waals surface area contributed by atoms with Crippen molar-refractivity contribution in [1.82, 2.24) is 25.2 Å². The molecule has 0 unspecified atom stereocenters. The molecule has 43 heavy (non-hydrogen) atoms. The number of amides is 1. The number of aliphatic imine (C=N–C) groups is 3. The number of benzene rings is 1. The summed E-state index contributed by atoms with van der Waals surface area (Å²) >= 11 is 0. The number of nitrogens with one attached hydrogen (secondary N) is 3. The van der Waals surface area contributed by atoms with Gasteiger partial charge in [-0.1, -0.05) is 12.1 Å². The Bertz CT molecular complexity index is 1540. The third-order valence-corrected chi connectivity index (χ3v) is 6.62. The molecular weight excluding hydrogens is 546 g/mol. The molecule has 0 bridgehead atoms. The molecule has 7 N–H and O–H groups in total. The number of H-pyrrole nitrogens is 1. The molecule has 3 heterocycles. The van der Waals surface area contributed by atoms with Gasteiger partial charge >= 0.3 is 0 Å². The van der Waals surface area contributed by atoms with Crippen LogP contribution in [0.1, 0.15) is 18.9 Å². The Hall–Kier alpha value is -4.88. The van der Waals surface area contributed by atoms with Gasteiger partial charge in [0.25, 0.3) is 5.95 Å². The predicted molar refractivity (Wildman–Crippen MR) is 175 cm³/mol. The molecule has 1 saturated heterocycles. The molecule has 13 nitrogen and oxygen atoms in total. The number of aryl methyl sites for hydroxylation is 1. The number of likely N-dealkylation sites (tertiary alicyclic amines) is 1. The van der Waals surface area contributed by atoms with Gasteiger partial charge in [0.1, 0.15) is 11.9 Å². The summed E-state index contributed by atoms with van der Waals surface area (Å²) in [6.45, 7) is 8.89. The Kier molecular flexibility index (Phi) is 12.1. The molecule has 0 spiro atoms. The Morgan fingerprint density at radius 3 is 2.86 bits per heavy atom. The first-order valence-electron chi connectivity index (χ1n) is 13.8. The lowest BCUT2D eigenvalue weighted by Gasteiger charge is -2.16. The maximum Gasteiger partial charge on any atom is 0.251 e. The van der Waals surface area contributed by atoms with E-state index in [0.29, 0.717) is 24.0 Å². The minimum Gasteiger partial charge on any atom is -0.473 e. The van der Waals surface area contributed by atoms with Gasteiger partial charge in [-0.25, -0.2) is 9.97 Å². The number of carbonyl (C=O) groups is 1. The number of fused-ring (bicyclic) bond motifs is 1. The van der Waals surface area contributed by atoms with Crippen LogP contribution in [0.5, 0.6) is 0 Å². The van der Waals surface area contributed by atoms with Crippen molar-refractivity contribution in [3.8, 4) is 11.3 Å². The highest BCUT2D eigenvalue weighted by Crippen LogP contribution is 2.33. The average molecular weight is 588 g/mol. The first kappa shape index (κ1) is 32.6. The molecule has 3 aromatic rings. The van der Waals surface area contributed by atoms with Crippen LogP contribution < -0.4 is 22.1 Å². The Morgan fingerprint density at radius 2 is 2.14 bits per heavy atom. The molecule has 1 fully saturated rings. The number of hydrogen-bond donors (Lipinski definition) is 5. The number of ether oxygens (including phenoxy) is 1. The smallest absolute Gasteiger partial charge is 0.251 e. The number of aromatic amines is 1. The number of para-hydroxylation sites is 1. The minimum absolute atomic E-state index is 0.0469. The van der Waals surface area contributed by atoms with Crippen molar-refractivity contribution in [3.63, 3.8) is 0 Å². The maximum atomic E-state index is 13.0. The molecule has 4 rings (SSSR count). The zero-order chi connectivity index (χ0) is 31.4. The molecule has 1 aliphatic rings. The lowest BCUT2D eigenvalue weighted by Crippen LogP contribution is -2.33. The van der Waals surface area contributed by atoms with Crippen LogP contribution in [0.15, 0.2) is 69.6 Å². The number of rotatable bonds is 10. The second kappa shape index (κ2) is 15.9. The second-order valence-electron chi connectivity index (χ2n) is 9.62. The minimum atomic E-state index is -0.107. The summed E-state index contributed by atoms with van der Waals surface area (Å²) in [5, 5.41) is 6.98. The van der Waals surface area contributed by atoms with Crippen LogP contribution in [0.3, 0.4) is 0 Å². The van der Waals surface area contributed by atoms with Gasteiger partial charge in [-0.2, -0.15) is 4.99 Å². The lowest BCUT2D eigenvalue weighted by molar-refractivity contribution is -0.117. The van der Waals surface area contributed by atoms with E-state index in [2.05, 4.69) is 57.9 Å². The molecule has 1 aromatic carbocycles. The molecule has 0 radical (unpaired) electrons. The van der Waals surface area contributed by atoms with Gasteiger partial charge in [0.15, 0.2) is 0 Å². The van der Waals surface area contributed by atoms with Crippen molar-refractivity contribution >= 4 is 46.9 Å². The first-order valence-corrected chi connectivity index (χ1v) is 13.8. The van der Waals surface area contributed by atoms with E-state index < -0.39 is 0 Å². The van der Waals surface area contributed by atoms with Gasteiger partial charge in [0.2, 0.25) is 11.8 Å². The van der Waals surface area contributed by atoms with E-state index in [9.17, 15) is 4.79 Å². The Balaban J connectivity index is 0.00000248. The van der Waals surface area contributed by atoms with Crippen LogP contribution in [0.25, 0.3) is 22.2 Å². The summed E-state index contributed by atoms with van der Waals surface area (Å²) in [6.07, 6.45) is 9.28. The number of hydrogen-bond acceptors (Lipinski definition) is 10. The van der Waals surface area contributed by atoms with Crippen LogP contribution in [-0.2, 0) is 9.53 Å². The third kappa shape index (κ3) is 8.80. The molecule has 2 aromatic heterocycles. The van der Waals surface area contributed by atoms with Crippen LogP contribution in [0.2, 0.25) is 0 Å². The maximum absolute atomic E-state index is 13.0. The predicted octanol–water partition coefficient (Wildman–Crippen LogP) is 2.89. The summed E-state index contributed by atoms with van der Waals surface area (Å²) in [5.74, 6) is 0.947. The number of nitrogens with zero attached hydrogens (tertiary/aromatic N) is 6. The molecule has 228 valence electrons. The van der Waals surface area contributed by atoms with E-state index >= 15 is 0 Å². The highest BCUT2D eigenvalue weighted by atomic mass is 16.5. The van der Waals surface area contributed by atoms with Crippen LogP contribution >= 0.6 is 0 Å². The molecular formula is C30H41N11O2. The fraction of sp³-hybridized carbons (Fsp3) is 0.333. The highest BCUT2D eigenvalue weighted by molar-refractivity contribution is 6.06. The number of carbonyl (C=O) groups excluding carboxylic acids is 1. The topological polar surface area (TPSA) is 184 Å². The zero-order valence-corrected chi connectivity index (χ0v) is 25.4. The highest BCUT2D eigenvalue weighted by Gasteiger charge is 2.26. The third-order valence-electron chi connectivity index (χ3n) is 6.62. The first-order chi connectivity index (χ1) is 20.8. The van der Waals surface area contributed by atoms with E-state index in [1.54, 1.807) is 25.4 Å². The van der Waals surface area contributed by atoms with E-state index in [1.807, 2.05) is 45.3 Å². The molecule has 1 aliphatic heterocycles. The fourth-order valence-corrected chi connectivity index (χ4v) is 4.54.